The van der Waals surface area contributed by atoms with Crippen LogP contribution in [0.1, 0.15) is 25.2 Å². The highest BCUT2D eigenvalue weighted by atomic mass is 79.9. The lowest BCUT2D eigenvalue weighted by atomic mass is 10.3. The van der Waals surface area contributed by atoms with Gasteiger partial charge in [0.15, 0.2) is 0 Å². The van der Waals surface area contributed by atoms with Crippen LogP contribution in [-0.4, -0.2) is 16.9 Å². The van der Waals surface area contributed by atoms with Gasteiger partial charge in [0.2, 0.25) is 0 Å². The Kier molecular flexibility index (Phi) is 5.06. The summed E-state index contributed by atoms with van der Waals surface area (Å²) < 4.78 is 13.9. The van der Waals surface area contributed by atoms with Gasteiger partial charge in [0.25, 0.3) is 0 Å². The number of hydrogen-bond acceptors (Lipinski definition) is 3. The van der Waals surface area contributed by atoms with Crippen LogP contribution in [0.5, 0.6) is 11.5 Å². The summed E-state index contributed by atoms with van der Waals surface area (Å²) in [7, 11) is 1.65. The summed E-state index contributed by atoms with van der Waals surface area (Å²) in [6.07, 6.45) is 0.937. The van der Waals surface area contributed by atoms with Gasteiger partial charge in [-0.3, -0.25) is 4.68 Å². The molecule has 0 bridgehead atoms. The lowest BCUT2D eigenvalue weighted by molar-refractivity contribution is 0.290. The van der Waals surface area contributed by atoms with Crippen molar-refractivity contribution >= 4 is 15.9 Å². The Hall–Kier alpha value is -1.49. The highest BCUT2D eigenvalue weighted by molar-refractivity contribution is 9.10. The van der Waals surface area contributed by atoms with Crippen LogP contribution in [0.3, 0.4) is 0 Å². The first kappa shape index (κ1) is 14.9. The molecule has 2 rings (SSSR count). The first-order chi connectivity index (χ1) is 9.67. The normalized spacial score (nSPS) is 10.6. The molecule has 0 aliphatic rings. The Labute approximate surface area is 127 Å². The smallest absolute Gasteiger partial charge is 0.134 e. The Balaban J connectivity index is 2.10. The maximum atomic E-state index is 5.86. The number of hydrogen-bond donors (Lipinski definition) is 0. The maximum Gasteiger partial charge on any atom is 0.134 e. The van der Waals surface area contributed by atoms with Gasteiger partial charge in [-0.2, -0.15) is 5.10 Å². The standard InChI is InChI=1S/C15H19BrN2O2/c1-4-11-8-12(18(5-2)17-11)10-20-15-7-6-13(19-3)9-14(15)16/h6-9H,4-5,10H2,1-3H3. The van der Waals surface area contributed by atoms with Crippen LogP contribution in [0.15, 0.2) is 28.7 Å². The van der Waals surface area contributed by atoms with E-state index in [1.165, 1.54) is 0 Å². The second-order valence-electron chi connectivity index (χ2n) is 4.38. The fourth-order valence-corrected chi connectivity index (χ4v) is 2.43. The summed E-state index contributed by atoms with van der Waals surface area (Å²) in [5.74, 6) is 1.60. The minimum atomic E-state index is 0.506. The van der Waals surface area contributed by atoms with Crippen molar-refractivity contribution in [2.45, 2.75) is 33.4 Å². The van der Waals surface area contributed by atoms with Gasteiger partial charge in [0, 0.05) is 6.54 Å². The molecule has 0 N–H and O–H groups in total. The highest BCUT2D eigenvalue weighted by Crippen LogP contribution is 2.29. The van der Waals surface area contributed by atoms with Crippen LogP contribution in [0.2, 0.25) is 0 Å². The highest BCUT2D eigenvalue weighted by Gasteiger charge is 2.08. The number of aromatic nitrogens is 2. The number of halogens is 1. The average molecular weight is 339 g/mol. The summed E-state index contributed by atoms with van der Waals surface area (Å²) in [5.41, 5.74) is 2.19. The minimum absolute atomic E-state index is 0.506. The van der Waals surface area contributed by atoms with E-state index in [0.717, 1.165) is 40.3 Å². The van der Waals surface area contributed by atoms with E-state index in [0.29, 0.717) is 6.61 Å². The number of rotatable bonds is 6. The fraction of sp³-hybridized carbons (Fsp3) is 0.400. The molecule has 0 amide bonds. The molecular formula is C15H19BrN2O2. The quantitative estimate of drug-likeness (QED) is 0.803. The van der Waals surface area contributed by atoms with E-state index >= 15 is 0 Å². The van der Waals surface area contributed by atoms with Crippen molar-refractivity contribution in [1.82, 2.24) is 9.78 Å². The van der Waals surface area contributed by atoms with Crippen molar-refractivity contribution in [2.24, 2.45) is 0 Å². The molecule has 1 aromatic heterocycles. The molecule has 0 unspecified atom stereocenters. The molecule has 0 spiro atoms. The summed E-state index contributed by atoms with van der Waals surface area (Å²) in [4.78, 5) is 0. The Morgan fingerprint density at radius 3 is 2.65 bits per heavy atom. The number of aryl methyl sites for hydroxylation is 2. The molecule has 0 aliphatic carbocycles. The summed E-state index contributed by atoms with van der Waals surface area (Å²) in [6.45, 7) is 5.54. The molecule has 5 heteroatoms. The summed E-state index contributed by atoms with van der Waals surface area (Å²) >= 11 is 3.49. The topological polar surface area (TPSA) is 36.3 Å². The van der Waals surface area contributed by atoms with E-state index in [4.69, 9.17) is 9.47 Å². The van der Waals surface area contributed by atoms with E-state index in [-0.39, 0.29) is 0 Å². The monoisotopic (exact) mass is 338 g/mol. The van der Waals surface area contributed by atoms with Crippen LogP contribution < -0.4 is 9.47 Å². The third kappa shape index (κ3) is 3.33. The minimum Gasteiger partial charge on any atom is -0.497 e. The van der Waals surface area contributed by atoms with E-state index in [2.05, 4.69) is 40.9 Å². The van der Waals surface area contributed by atoms with Crippen molar-refractivity contribution in [3.63, 3.8) is 0 Å². The van der Waals surface area contributed by atoms with Gasteiger partial charge in [-0.05, 0) is 53.5 Å². The van der Waals surface area contributed by atoms with E-state index in [1.54, 1.807) is 7.11 Å². The molecule has 0 atom stereocenters. The van der Waals surface area contributed by atoms with Gasteiger partial charge >= 0.3 is 0 Å². The molecule has 2 aromatic rings. The molecule has 0 saturated heterocycles. The number of benzene rings is 1. The molecular weight excluding hydrogens is 320 g/mol. The van der Waals surface area contributed by atoms with Crippen LogP contribution >= 0.6 is 15.9 Å². The van der Waals surface area contributed by atoms with Crippen LogP contribution in [0, 0.1) is 0 Å². The van der Waals surface area contributed by atoms with Crippen LogP contribution in [0.4, 0.5) is 0 Å². The van der Waals surface area contributed by atoms with Gasteiger partial charge in [0.05, 0.1) is 23.0 Å². The number of methoxy groups -OCH3 is 1. The number of ether oxygens (including phenoxy) is 2. The summed E-state index contributed by atoms with van der Waals surface area (Å²) in [6, 6.07) is 7.77. The predicted octanol–water partition coefficient (Wildman–Crippen LogP) is 3.82. The van der Waals surface area contributed by atoms with E-state index < -0.39 is 0 Å². The molecule has 1 heterocycles. The lowest BCUT2D eigenvalue weighted by Gasteiger charge is -2.10. The lowest BCUT2D eigenvalue weighted by Crippen LogP contribution is -2.06. The van der Waals surface area contributed by atoms with Gasteiger partial charge in [-0.15, -0.1) is 0 Å². The SMILES string of the molecule is CCc1cc(COc2ccc(OC)cc2Br)n(CC)n1. The molecule has 4 nitrogen and oxygen atoms in total. The van der Waals surface area contributed by atoms with Crippen molar-refractivity contribution in [3.8, 4) is 11.5 Å². The average Bonchev–Trinajstić information content (AvgIpc) is 2.88. The zero-order valence-electron chi connectivity index (χ0n) is 12.0. The van der Waals surface area contributed by atoms with Crippen molar-refractivity contribution in [1.29, 1.82) is 0 Å². The first-order valence-corrected chi connectivity index (χ1v) is 7.49. The molecule has 1 aromatic carbocycles. The molecule has 108 valence electrons. The second-order valence-corrected chi connectivity index (χ2v) is 5.24. The zero-order valence-corrected chi connectivity index (χ0v) is 13.6. The van der Waals surface area contributed by atoms with E-state index in [9.17, 15) is 0 Å². The van der Waals surface area contributed by atoms with Gasteiger partial charge in [-0.25, -0.2) is 0 Å². The van der Waals surface area contributed by atoms with Gasteiger partial charge in [-0.1, -0.05) is 6.92 Å². The van der Waals surface area contributed by atoms with Crippen LogP contribution in [0.25, 0.3) is 0 Å². The van der Waals surface area contributed by atoms with Gasteiger partial charge < -0.3 is 9.47 Å². The third-order valence-corrected chi connectivity index (χ3v) is 3.71. The first-order valence-electron chi connectivity index (χ1n) is 6.69. The van der Waals surface area contributed by atoms with Crippen LogP contribution in [-0.2, 0) is 19.6 Å². The van der Waals surface area contributed by atoms with Crippen molar-refractivity contribution < 1.29 is 9.47 Å². The van der Waals surface area contributed by atoms with Crippen molar-refractivity contribution in [3.05, 3.63) is 40.1 Å². The zero-order chi connectivity index (χ0) is 14.5. The maximum absolute atomic E-state index is 5.86. The predicted molar refractivity (Wildman–Crippen MR) is 82.3 cm³/mol. The Morgan fingerprint density at radius 1 is 1.25 bits per heavy atom. The fourth-order valence-electron chi connectivity index (χ4n) is 1.96. The largest absolute Gasteiger partial charge is 0.497 e. The van der Waals surface area contributed by atoms with Crippen molar-refractivity contribution in [2.75, 3.05) is 7.11 Å². The van der Waals surface area contributed by atoms with Gasteiger partial charge in [0.1, 0.15) is 18.1 Å². The molecule has 0 fully saturated rings. The number of nitrogens with zero attached hydrogens (tertiary/aromatic N) is 2. The molecule has 20 heavy (non-hydrogen) atoms. The second kappa shape index (κ2) is 6.79. The molecule has 0 saturated carbocycles. The Bertz CT molecular complexity index is 581. The molecule has 0 aliphatic heterocycles. The third-order valence-electron chi connectivity index (χ3n) is 3.09. The molecule has 0 radical (unpaired) electrons. The summed E-state index contributed by atoms with van der Waals surface area (Å²) in [5, 5.41) is 4.51. The Morgan fingerprint density at radius 2 is 2.05 bits per heavy atom. The van der Waals surface area contributed by atoms with E-state index in [1.807, 2.05) is 22.9 Å².